The number of hydrogen-bond donors (Lipinski definition) is 2. The number of nitrogens with zero attached hydrogens (tertiary/aromatic N) is 3. The molecule has 3 atom stereocenters. The summed E-state index contributed by atoms with van der Waals surface area (Å²) in [6, 6.07) is 10.8. The van der Waals surface area contributed by atoms with Gasteiger partial charge in [-0.2, -0.15) is 0 Å². The van der Waals surface area contributed by atoms with Crippen molar-refractivity contribution in [3.63, 3.8) is 0 Å². The molecule has 1 aliphatic rings. The van der Waals surface area contributed by atoms with Crippen LogP contribution in [0.1, 0.15) is 75.3 Å². The summed E-state index contributed by atoms with van der Waals surface area (Å²) < 4.78 is 0. The third kappa shape index (κ3) is 6.72. The van der Waals surface area contributed by atoms with Crippen molar-refractivity contribution in [3.8, 4) is 0 Å². The summed E-state index contributed by atoms with van der Waals surface area (Å²) in [6.45, 7) is 7.91. The summed E-state index contributed by atoms with van der Waals surface area (Å²) in [5, 5.41) is 13.0. The van der Waals surface area contributed by atoms with Gasteiger partial charge >= 0.3 is 6.09 Å². The summed E-state index contributed by atoms with van der Waals surface area (Å²) in [6.07, 6.45) is 2.54. The molecular weight excluding hydrogens is 472 g/mol. The summed E-state index contributed by atoms with van der Waals surface area (Å²) in [5.74, 6) is -2.03. The smallest absolute Gasteiger partial charge is 0.409 e. The van der Waals surface area contributed by atoms with Gasteiger partial charge in [0.05, 0.1) is 11.6 Å². The molecule has 3 rings (SSSR count). The SMILES string of the molecule is CCCC[C@@H](C(=O)C(=O)NC(C)c1ccccc1)N(C(=O)O)C1CC(C)(C)CN1C(=O)c1cccnc1. The summed E-state index contributed by atoms with van der Waals surface area (Å²) in [4.78, 5) is 59.2. The fourth-order valence-corrected chi connectivity index (χ4v) is 4.85. The largest absolute Gasteiger partial charge is 0.465 e. The highest BCUT2D eigenvalue weighted by atomic mass is 16.4. The molecule has 2 heterocycles. The number of ketones is 1. The van der Waals surface area contributed by atoms with Gasteiger partial charge in [-0.3, -0.25) is 24.3 Å². The van der Waals surface area contributed by atoms with Crippen LogP contribution in [0.25, 0.3) is 0 Å². The molecule has 1 aromatic carbocycles. The van der Waals surface area contributed by atoms with E-state index < -0.39 is 41.4 Å². The van der Waals surface area contributed by atoms with E-state index in [1.54, 1.807) is 25.3 Å². The number of amides is 3. The van der Waals surface area contributed by atoms with Gasteiger partial charge in [-0.15, -0.1) is 0 Å². The number of unbranched alkanes of at least 4 members (excludes halogenated alkanes) is 1. The van der Waals surface area contributed by atoms with E-state index >= 15 is 0 Å². The Kier molecular flexibility index (Phi) is 9.02. The normalized spacial score (nSPS) is 18.1. The molecule has 0 bridgehead atoms. The molecule has 9 nitrogen and oxygen atoms in total. The fraction of sp³-hybridized carbons (Fsp3) is 0.464. The first-order valence-corrected chi connectivity index (χ1v) is 12.7. The van der Waals surface area contributed by atoms with E-state index in [1.165, 1.54) is 11.1 Å². The number of benzene rings is 1. The van der Waals surface area contributed by atoms with Crippen molar-refractivity contribution in [2.24, 2.45) is 5.41 Å². The number of carboxylic acid groups (broad SMARTS) is 1. The number of rotatable bonds is 10. The molecular formula is C28H36N4O5. The van der Waals surface area contributed by atoms with Gasteiger partial charge in [-0.05, 0) is 42.9 Å². The molecule has 37 heavy (non-hydrogen) atoms. The molecule has 0 aliphatic carbocycles. The maximum absolute atomic E-state index is 13.5. The molecule has 1 aromatic heterocycles. The lowest BCUT2D eigenvalue weighted by molar-refractivity contribution is -0.142. The first-order chi connectivity index (χ1) is 17.6. The van der Waals surface area contributed by atoms with Gasteiger partial charge in [0, 0.05) is 18.9 Å². The third-order valence-corrected chi connectivity index (χ3v) is 6.75. The maximum Gasteiger partial charge on any atom is 0.409 e. The fourth-order valence-electron chi connectivity index (χ4n) is 4.85. The monoisotopic (exact) mass is 508 g/mol. The van der Waals surface area contributed by atoms with Crippen LogP contribution in [-0.2, 0) is 9.59 Å². The van der Waals surface area contributed by atoms with E-state index in [2.05, 4.69) is 10.3 Å². The topological polar surface area (TPSA) is 120 Å². The van der Waals surface area contributed by atoms with E-state index in [0.717, 1.165) is 10.5 Å². The number of aromatic nitrogens is 1. The van der Waals surface area contributed by atoms with Crippen LogP contribution in [0.2, 0.25) is 0 Å². The highest BCUT2D eigenvalue weighted by Gasteiger charge is 2.48. The molecule has 9 heteroatoms. The summed E-state index contributed by atoms with van der Waals surface area (Å²) in [7, 11) is 0. The van der Waals surface area contributed by atoms with Gasteiger partial charge in [0.1, 0.15) is 12.2 Å². The van der Waals surface area contributed by atoms with Crippen LogP contribution in [-0.4, -0.2) is 62.3 Å². The van der Waals surface area contributed by atoms with Gasteiger partial charge in [0.25, 0.3) is 11.8 Å². The Labute approximate surface area is 217 Å². The summed E-state index contributed by atoms with van der Waals surface area (Å²) >= 11 is 0. The minimum atomic E-state index is -1.34. The number of carbonyl (C=O) groups is 4. The van der Waals surface area contributed by atoms with Crippen LogP contribution in [0, 0.1) is 5.41 Å². The molecule has 1 saturated heterocycles. The second kappa shape index (κ2) is 12.0. The van der Waals surface area contributed by atoms with Gasteiger partial charge in [0.2, 0.25) is 5.78 Å². The molecule has 1 fully saturated rings. The number of carbonyl (C=O) groups excluding carboxylic acids is 3. The second-order valence-electron chi connectivity index (χ2n) is 10.3. The molecule has 2 unspecified atom stereocenters. The lowest BCUT2D eigenvalue weighted by Crippen LogP contribution is -2.58. The van der Waals surface area contributed by atoms with Crippen molar-refractivity contribution in [2.45, 2.75) is 71.6 Å². The van der Waals surface area contributed by atoms with Crippen molar-refractivity contribution in [3.05, 3.63) is 66.0 Å². The van der Waals surface area contributed by atoms with Gasteiger partial charge in [-0.1, -0.05) is 63.9 Å². The number of Topliss-reactive ketones (excluding diaryl/α,β-unsaturated/α-hetero) is 1. The van der Waals surface area contributed by atoms with Gasteiger partial charge < -0.3 is 15.3 Å². The number of pyridine rings is 1. The average Bonchev–Trinajstić information content (AvgIpc) is 3.20. The van der Waals surface area contributed by atoms with Crippen LogP contribution in [0.15, 0.2) is 54.9 Å². The first-order valence-electron chi connectivity index (χ1n) is 12.7. The van der Waals surface area contributed by atoms with Gasteiger partial charge in [0.15, 0.2) is 0 Å². The maximum atomic E-state index is 13.5. The highest BCUT2D eigenvalue weighted by molar-refractivity contribution is 6.38. The van der Waals surface area contributed by atoms with Crippen molar-refractivity contribution in [1.29, 1.82) is 0 Å². The summed E-state index contributed by atoms with van der Waals surface area (Å²) in [5.41, 5.74) is 0.773. The van der Waals surface area contributed by atoms with E-state index in [1.807, 2.05) is 51.1 Å². The third-order valence-electron chi connectivity index (χ3n) is 6.75. The van der Waals surface area contributed by atoms with Crippen LogP contribution >= 0.6 is 0 Å². The standard InChI is InChI=1S/C28H36N4O5/c1-5-6-14-22(24(33)25(34)30-19(2)20-11-8-7-9-12-20)32(27(36)37)23-16-28(3,4)18-31(23)26(35)21-13-10-15-29-17-21/h7-13,15,17,19,22-23H,5-6,14,16,18H2,1-4H3,(H,30,34)(H,36,37)/t19?,22-,23?/m0/s1. The van der Waals surface area contributed by atoms with Crippen LogP contribution in [0.5, 0.6) is 0 Å². The lowest BCUT2D eigenvalue weighted by atomic mass is 9.91. The lowest BCUT2D eigenvalue weighted by Gasteiger charge is -2.37. The van der Waals surface area contributed by atoms with E-state index in [-0.39, 0.29) is 12.3 Å². The van der Waals surface area contributed by atoms with Crippen molar-refractivity contribution in [1.82, 2.24) is 20.1 Å². The minimum Gasteiger partial charge on any atom is -0.465 e. The Morgan fingerprint density at radius 1 is 1.16 bits per heavy atom. The Morgan fingerprint density at radius 2 is 1.86 bits per heavy atom. The predicted octanol–water partition coefficient (Wildman–Crippen LogP) is 4.27. The zero-order valence-electron chi connectivity index (χ0n) is 21.9. The molecule has 1 aliphatic heterocycles. The van der Waals surface area contributed by atoms with Crippen LogP contribution in [0.3, 0.4) is 0 Å². The van der Waals surface area contributed by atoms with E-state index in [0.29, 0.717) is 31.4 Å². The number of likely N-dealkylation sites (tertiary alicyclic amines) is 1. The quantitative estimate of drug-likeness (QED) is 0.463. The van der Waals surface area contributed by atoms with Crippen molar-refractivity contribution >= 4 is 23.7 Å². The second-order valence-corrected chi connectivity index (χ2v) is 10.3. The average molecular weight is 509 g/mol. The van der Waals surface area contributed by atoms with E-state index in [4.69, 9.17) is 0 Å². The number of nitrogens with one attached hydrogen (secondary N) is 1. The molecule has 0 spiro atoms. The first kappa shape index (κ1) is 27.8. The number of hydrogen-bond acceptors (Lipinski definition) is 5. The zero-order valence-corrected chi connectivity index (χ0v) is 21.9. The molecule has 0 radical (unpaired) electrons. The molecule has 198 valence electrons. The van der Waals surface area contributed by atoms with E-state index in [9.17, 15) is 24.3 Å². The Balaban J connectivity index is 1.92. The zero-order chi connectivity index (χ0) is 27.2. The van der Waals surface area contributed by atoms with Gasteiger partial charge in [-0.25, -0.2) is 4.79 Å². The molecule has 2 N–H and O–H groups in total. The molecule has 2 aromatic rings. The van der Waals surface area contributed by atoms with Crippen molar-refractivity contribution < 1.29 is 24.3 Å². The molecule has 3 amide bonds. The Hall–Kier alpha value is -3.75. The predicted molar refractivity (Wildman–Crippen MR) is 139 cm³/mol. The highest BCUT2D eigenvalue weighted by Crippen LogP contribution is 2.38. The minimum absolute atomic E-state index is 0.181. The Morgan fingerprint density at radius 3 is 2.46 bits per heavy atom. The molecule has 0 saturated carbocycles. The van der Waals surface area contributed by atoms with Crippen molar-refractivity contribution in [2.75, 3.05) is 6.54 Å². The Bertz CT molecular complexity index is 1110. The van der Waals surface area contributed by atoms with Crippen LogP contribution < -0.4 is 5.32 Å². The van der Waals surface area contributed by atoms with Crippen LogP contribution in [0.4, 0.5) is 4.79 Å².